The number of benzene rings is 2. The summed E-state index contributed by atoms with van der Waals surface area (Å²) >= 11 is 0. The second-order valence-corrected chi connectivity index (χ2v) is 3.66. The lowest BCUT2D eigenvalue weighted by atomic mass is 9.98. The molecule has 0 saturated carbocycles. The van der Waals surface area contributed by atoms with Crippen molar-refractivity contribution in [2.24, 2.45) is 0 Å². The number of ether oxygens (including phenoxy) is 1. The van der Waals surface area contributed by atoms with Crippen molar-refractivity contribution in [3.8, 4) is 0 Å². The van der Waals surface area contributed by atoms with E-state index in [0.717, 1.165) is 11.1 Å². The van der Waals surface area contributed by atoms with E-state index in [2.05, 4.69) is 36.9 Å². The molecule has 3 rings (SSSR count). The summed E-state index contributed by atoms with van der Waals surface area (Å²) < 4.78 is 5.09. The zero-order chi connectivity index (χ0) is 10.8. The summed E-state index contributed by atoms with van der Waals surface area (Å²) in [5, 5.41) is 2.46. The SMILES string of the molecule is [C]1OC=CC=C1c1cccc2ccccc12. The van der Waals surface area contributed by atoms with Crippen molar-refractivity contribution in [3.63, 3.8) is 0 Å². The molecule has 1 aliphatic rings. The summed E-state index contributed by atoms with van der Waals surface area (Å²) in [5.41, 5.74) is 2.14. The average molecular weight is 206 g/mol. The lowest BCUT2D eigenvalue weighted by molar-refractivity contribution is 0.359. The summed E-state index contributed by atoms with van der Waals surface area (Å²) in [5.74, 6) is 0. The summed E-state index contributed by atoms with van der Waals surface area (Å²) in [7, 11) is 0. The van der Waals surface area contributed by atoms with Crippen LogP contribution in [0.5, 0.6) is 0 Å². The molecule has 0 bridgehead atoms. The second kappa shape index (κ2) is 3.86. The van der Waals surface area contributed by atoms with E-state index in [1.54, 1.807) is 6.26 Å². The van der Waals surface area contributed by atoms with Crippen molar-refractivity contribution in [1.29, 1.82) is 0 Å². The molecule has 0 spiro atoms. The van der Waals surface area contributed by atoms with Gasteiger partial charge in [-0.2, -0.15) is 0 Å². The molecular formula is C15H10O. The molecule has 1 heterocycles. The van der Waals surface area contributed by atoms with E-state index in [0.29, 0.717) is 0 Å². The van der Waals surface area contributed by atoms with Gasteiger partial charge in [-0.25, -0.2) is 0 Å². The number of rotatable bonds is 1. The molecule has 2 radical (unpaired) electrons. The highest BCUT2D eigenvalue weighted by atomic mass is 16.5. The molecule has 0 fully saturated rings. The first-order valence-corrected chi connectivity index (χ1v) is 5.22. The molecule has 0 amide bonds. The summed E-state index contributed by atoms with van der Waals surface area (Å²) in [6.45, 7) is 2.90. The Morgan fingerprint density at radius 3 is 2.69 bits per heavy atom. The van der Waals surface area contributed by atoms with Crippen molar-refractivity contribution >= 4 is 16.3 Å². The Labute approximate surface area is 94.7 Å². The van der Waals surface area contributed by atoms with Crippen molar-refractivity contribution in [1.82, 2.24) is 0 Å². The first-order valence-electron chi connectivity index (χ1n) is 5.22. The summed E-state index contributed by atoms with van der Waals surface area (Å²) in [6, 6.07) is 14.6. The fourth-order valence-corrected chi connectivity index (χ4v) is 1.91. The van der Waals surface area contributed by atoms with E-state index in [-0.39, 0.29) is 0 Å². The highest BCUT2D eigenvalue weighted by Crippen LogP contribution is 2.28. The molecule has 2 aromatic carbocycles. The van der Waals surface area contributed by atoms with Gasteiger partial charge in [0.1, 0.15) is 0 Å². The standard InChI is InChI=1S/C15H10O/c1-2-8-14-12(5-1)6-3-9-15(14)13-7-4-10-16-11-13/h1-10H. The maximum Gasteiger partial charge on any atom is 0.230 e. The Hall–Kier alpha value is -2.02. The van der Waals surface area contributed by atoms with Crippen LogP contribution in [0.15, 0.2) is 60.9 Å². The smallest absolute Gasteiger partial charge is 0.230 e. The molecular weight excluding hydrogens is 196 g/mol. The third-order valence-corrected chi connectivity index (χ3v) is 2.66. The molecule has 0 unspecified atom stereocenters. The molecule has 1 aliphatic heterocycles. The topological polar surface area (TPSA) is 9.23 Å². The van der Waals surface area contributed by atoms with Crippen molar-refractivity contribution in [3.05, 3.63) is 73.0 Å². The Kier molecular flexibility index (Phi) is 2.22. The van der Waals surface area contributed by atoms with Gasteiger partial charge in [-0.05, 0) is 22.4 Å². The van der Waals surface area contributed by atoms with E-state index in [4.69, 9.17) is 4.74 Å². The third-order valence-electron chi connectivity index (χ3n) is 2.66. The molecule has 0 aliphatic carbocycles. The second-order valence-electron chi connectivity index (χ2n) is 3.66. The number of hydrogen-bond donors (Lipinski definition) is 0. The van der Waals surface area contributed by atoms with Gasteiger partial charge in [-0.1, -0.05) is 48.5 Å². The van der Waals surface area contributed by atoms with Gasteiger partial charge in [0.15, 0.2) is 0 Å². The van der Waals surface area contributed by atoms with Crippen molar-refractivity contribution in [2.75, 3.05) is 0 Å². The van der Waals surface area contributed by atoms with Crippen LogP contribution in [0.4, 0.5) is 0 Å². The molecule has 0 N–H and O–H groups in total. The van der Waals surface area contributed by atoms with Gasteiger partial charge in [0.2, 0.25) is 6.61 Å². The third kappa shape index (κ3) is 1.50. The Morgan fingerprint density at radius 2 is 1.81 bits per heavy atom. The zero-order valence-corrected chi connectivity index (χ0v) is 8.68. The minimum atomic E-state index is 0.985. The Balaban J connectivity index is 2.23. The minimum absolute atomic E-state index is 0.985. The van der Waals surface area contributed by atoms with E-state index < -0.39 is 0 Å². The minimum Gasteiger partial charge on any atom is -0.480 e. The van der Waals surface area contributed by atoms with Crippen molar-refractivity contribution in [2.45, 2.75) is 0 Å². The first-order chi connectivity index (χ1) is 7.95. The highest BCUT2D eigenvalue weighted by Gasteiger charge is 2.08. The lowest BCUT2D eigenvalue weighted by Gasteiger charge is -2.11. The van der Waals surface area contributed by atoms with E-state index in [9.17, 15) is 0 Å². The predicted molar refractivity (Wildman–Crippen MR) is 65.4 cm³/mol. The molecule has 1 heteroatoms. The van der Waals surface area contributed by atoms with Crippen LogP contribution in [-0.2, 0) is 4.74 Å². The molecule has 0 atom stereocenters. The summed E-state index contributed by atoms with van der Waals surface area (Å²) in [4.78, 5) is 0. The van der Waals surface area contributed by atoms with Crippen molar-refractivity contribution < 1.29 is 4.74 Å². The first kappa shape index (κ1) is 9.22. The maximum atomic E-state index is 5.09. The predicted octanol–water partition coefficient (Wildman–Crippen LogP) is 3.81. The largest absolute Gasteiger partial charge is 0.480 e. The molecule has 16 heavy (non-hydrogen) atoms. The quantitative estimate of drug-likeness (QED) is 0.689. The van der Waals surface area contributed by atoms with Gasteiger partial charge in [-0.15, -0.1) is 0 Å². The van der Waals surface area contributed by atoms with Gasteiger partial charge in [0, 0.05) is 5.57 Å². The van der Waals surface area contributed by atoms with Gasteiger partial charge < -0.3 is 4.74 Å². The molecule has 1 nitrogen and oxygen atoms in total. The number of hydrogen-bond acceptors (Lipinski definition) is 1. The van der Waals surface area contributed by atoms with Crippen LogP contribution in [0.2, 0.25) is 0 Å². The highest BCUT2D eigenvalue weighted by molar-refractivity contribution is 5.95. The lowest BCUT2D eigenvalue weighted by Crippen LogP contribution is -1.92. The molecule has 0 aromatic heterocycles. The van der Waals surface area contributed by atoms with Gasteiger partial charge >= 0.3 is 0 Å². The van der Waals surface area contributed by atoms with Gasteiger partial charge in [0.25, 0.3) is 0 Å². The van der Waals surface area contributed by atoms with Crippen LogP contribution < -0.4 is 0 Å². The molecule has 0 saturated heterocycles. The van der Waals surface area contributed by atoms with Crippen LogP contribution >= 0.6 is 0 Å². The van der Waals surface area contributed by atoms with Crippen LogP contribution in [-0.4, -0.2) is 0 Å². The fourth-order valence-electron chi connectivity index (χ4n) is 1.91. The molecule has 2 aromatic rings. The van der Waals surface area contributed by atoms with E-state index >= 15 is 0 Å². The van der Waals surface area contributed by atoms with E-state index in [1.807, 2.05) is 24.3 Å². The Morgan fingerprint density at radius 1 is 0.938 bits per heavy atom. The molecule has 76 valence electrons. The van der Waals surface area contributed by atoms with Crippen LogP contribution in [0, 0.1) is 6.61 Å². The fraction of sp³-hybridized carbons (Fsp3) is 0. The van der Waals surface area contributed by atoms with Crippen LogP contribution in [0.25, 0.3) is 16.3 Å². The summed E-state index contributed by atoms with van der Waals surface area (Å²) in [6.07, 6.45) is 5.51. The maximum absolute atomic E-state index is 5.09. The number of fused-ring (bicyclic) bond motifs is 1. The monoisotopic (exact) mass is 206 g/mol. The van der Waals surface area contributed by atoms with Gasteiger partial charge in [-0.3, -0.25) is 0 Å². The Bertz CT molecular complexity index is 574. The van der Waals surface area contributed by atoms with Gasteiger partial charge in [0.05, 0.1) is 6.26 Å². The normalized spacial score (nSPS) is 14.6. The van der Waals surface area contributed by atoms with Crippen LogP contribution in [0.3, 0.4) is 0 Å². The van der Waals surface area contributed by atoms with Crippen LogP contribution in [0.1, 0.15) is 5.56 Å². The average Bonchev–Trinajstić information content (AvgIpc) is 2.39. The number of allylic oxidation sites excluding steroid dienone is 2. The zero-order valence-electron chi connectivity index (χ0n) is 8.68. The van der Waals surface area contributed by atoms with E-state index in [1.165, 1.54) is 10.8 Å².